The molecule has 3 heterocycles. The molecule has 1 aromatic heterocycles. The predicted octanol–water partition coefficient (Wildman–Crippen LogP) is 3.30. The number of amides is 1. The third-order valence-electron chi connectivity index (χ3n) is 8.85. The van der Waals surface area contributed by atoms with Gasteiger partial charge in [-0.15, -0.1) is 0 Å². The Kier molecular flexibility index (Phi) is 12.9. The largest absolute Gasteiger partial charge is 0.468 e. The number of nitrogens with one attached hydrogen (secondary N) is 1. The lowest BCUT2D eigenvalue weighted by Gasteiger charge is -2.33. The molecule has 43 heavy (non-hydrogen) atoms. The Morgan fingerprint density at radius 2 is 2.05 bits per heavy atom. The topological polar surface area (TPSA) is 113 Å². The van der Waals surface area contributed by atoms with Crippen LogP contribution in [0.3, 0.4) is 0 Å². The number of nitriles is 1. The van der Waals surface area contributed by atoms with E-state index in [0.29, 0.717) is 50.2 Å². The van der Waals surface area contributed by atoms with Gasteiger partial charge in [0.15, 0.2) is 0 Å². The summed E-state index contributed by atoms with van der Waals surface area (Å²) in [5, 5.41) is 12.3. The maximum absolute atomic E-state index is 13.6. The number of aromatic nitrogens is 2. The van der Waals surface area contributed by atoms with Gasteiger partial charge in [-0.1, -0.05) is 25.5 Å². The number of hydrogen-bond acceptors (Lipinski definition) is 9. The van der Waals surface area contributed by atoms with E-state index in [1.165, 1.54) is 7.11 Å². The second-order valence-electron chi connectivity index (χ2n) is 11.5. The number of rotatable bonds is 16. The van der Waals surface area contributed by atoms with Gasteiger partial charge in [-0.25, -0.2) is 4.98 Å². The predicted molar refractivity (Wildman–Crippen MR) is 167 cm³/mol. The molecule has 1 amide bonds. The quantitative estimate of drug-likeness (QED) is 0.174. The Morgan fingerprint density at radius 3 is 2.77 bits per heavy atom. The van der Waals surface area contributed by atoms with Gasteiger partial charge in [-0.05, 0) is 67.9 Å². The van der Waals surface area contributed by atoms with E-state index in [9.17, 15) is 9.59 Å². The first-order valence-electron chi connectivity index (χ1n) is 15.4. The van der Waals surface area contributed by atoms with Crippen molar-refractivity contribution < 1.29 is 19.1 Å². The highest BCUT2D eigenvalue weighted by atomic mass is 32.2. The second-order valence-corrected chi connectivity index (χ2v) is 12.5. The molecule has 1 unspecified atom stereocenters. The fourth-order valence-corrected chi connectivity index (χ4v) is 6.82. The highest BCUT2D eigenvalue weighted by Gasteiger charge is 2.37. The summed E-state index contributed by atoms with van der Waals surface area (Å²) in [6, 6.07) is 9.78. The average Bonchev–Trinajstić information content (AvgIpc) is 3.77. The number of thioether (sulfide) groups is 1. The van der Waals surface area contributed by atoms with E-state index in [1.54, 1.807) is 24.3 Å². The van der Waals surface area contributed by atoms with Crippen LogP contribution in [0, 0.1) is 17.2 Å². The smallest absolute Gasteiger partial charge is 0.322 e. The molecule has 0 saturated carbocycles. The summed E-state index contributed by atoms with van der Waals surface area (Å²) in [4.78, 5) is 34.6. The fraction of sp³-hybridized carbons (Fsp3) is 0.625. The van der Waals surface area contributed by atoms with E-state index in [2.05, 4.69) is 33.1 Å². The van der Waals surface area contributed by atoms with Gasteiger partial charge in [0, 0.05) is 43.6 Å². The van der Waals surface area contributed by atoms with Crippen LogP contribution >= 0.6 is 11.8 Å². The zero-order valence-electron chi connectivity index (χ0n) is 25.7. The van der Waals surface area contributed by atoms with Crippen LogP contribution in [0.1, 0.15) is 55.8 Å². The fourth-order valence-electron chi connectivity index (χ4n) is 6.35. The maximum atomic E-state index is 13.6. The summed E-state index contributed by atoms with van der Waals surface area (Å²) in [6.07, 6.45) is 10.8. The molecule has 10 nitrogen and oxygen atoms in total. The van der Waals surface area contributed by atoms with E-state index < -0.39 is 0 Å². The molecule has 4 rings (SSSR count). The zero-order valence-corrected chi connectivity index (χ0v) is 26.6. The summed E-state index contributed by atoms with van der Waals surface area (Å²) >= 11 is 1.70. The zero-order chi connectivity index (χ0) is 30.6. The van der Waals surface area contributed by atoms with Gasteiger partial charge in [-0.3, -0.25) is 19.8 Å². The Morgan fingerprint density at radius 1 is 1.23 bits per heavy atom. The maximum Gasteiger partial charge on any atom is 0.322 e. The molecular weight excluding hydrogens is 564 g/mol. The van der Waals surface area contributed by atoms with Gasteiger partial charge in [0.05, 0.1) is 44.8 Å². The van der Waals surface area contributed by atoms with Gasteiger partial charge in [0.25, 0.3) is 0 Å². The van der Waals surface area contributed by atoms with Crippen molar-refractivity contribution in [3.05, 3.63) is 53.6 Å². The third kappa shape index (κ3) is 9.05. The molecule has 2 aliphatic heterocycles. The van der Waals surface area contributed by atoms with Crippen molar-refractivity contribution in [2.75, 3.05) is 52.1 Å². The number of esters is 1. The van der Waals surface area contributed by atoms with Crippen molar-refractivity contribution in [1.82, 2.24) is 24.7 Å². The van der Waals surface area contributed by atoms with Crippen LogP contribution in [0.15, 0.2) is 36.8 Å². The number of carbonyl (C=O) groups excluding carboxylic acids is 2. The molecule has 234 valence electrons. The van der Waals surface area contributed by atoms with E-state index in [0.717, 1.165) is 62.3 Å². The van der Waals surface area contributed by atoms with Gasteiger partial charge in [0.1, 0.15) is 6.04 Å². The van der Waals surface area contributed by atoms with E-state index >= 15 is 0 Å². The molecule has 0 bridgehead atoms. The Labute approximate surface area is 260 Å². The lowest BCUT2D eigenvalue weighted by Crippen LogP contribution is -2.47. The first-order valence-corrected chi connectivity index (χ1v) is 16.8. The second kappa shape index (κ2) is 16.8. The minimum atomic E-state index is -0.363. The minimum absolute atomic E-state index is 0.145. The van der Waals surface area contributed by atoms with Crippen molar-refractivity contribution in [2.45, 2.75) is 70.1 Å². The van der Waals surface area contributed by atoms with Crippen molar-refractivity contribution in [2.24, 2.45) is 5.92 Å². The number of ether oxygens (including phenoxy) is 2. The summed E-state index contributed by atoms with van der Waals surface area (Å²) in [5.74, 6) is 1.31. The van der Waals surface area contributed by atoms with Crippen LogP contribution in [0.4, 0.5) is 0 Å². The van der Waals surface area contributed by atoms with Crippen molar-refractivity contribution in [1.29, 1.82) is 5.26 Å². The molecule has 0 spiro atoms. The highest BCUT2D eigenvalue weighted by molar-refractivity contribution is 7.98. The Bertz CT molecular complexity index is 1220. The van der Waals surface area contributed by atoms with Gasteiger partial charge < -0.3 is 18.9 Å². The molecule has 0 aliphatic carbocycles. The van der Waals surface area contributed by atoms with Crippen LogP contribution in [0.25, 0.3) is 0 Å². The van der Waals surface area contributed by atoms with Crippen LogP contribution in [0.2, 0.25) is 0 Å². The third-order valence-corrected chi connectivity index (χ3v) is 9.49. The molecule has 0 radical (unpaired) electrons. The number of nitrogens with zero attached hydrogens (tertiary/aromatic N) is 5. The van der Waals surface area contributed by atoms with Crippen LogP contribution in [-0.2, 0) is 32.0 Å². The lowest BCUT2D eigenvalue weighted by atomic mass is 9.98. The molecule has 1 aromatic carbocycles. The summed E-state index contributed by atoms with van der Waals surface area (Å²) in [7, 11) is 1.42. The minimum Gasteiger partial charge on any atom is -0.468 e. The number of hydrogen-bond donors (Lipinski definition) is 1. The van der Waals surface area contributed by atoms with Crippen molar-refractivity contribution in [3.8, 4) is 6.07 Å². The highest BCUT2D eigenvalue weighted by Crippen LogP contribution is 2.30. The molecule has 11 heteroatoms. The normalized spacial score (nSPS) is 21.2. The van der Waals surface area contributed by atoms with E-state index in [1.807, 2.05) is 35.1 Å². The standard InChI is InChI=1S/C32H46N6O4S/c1-4-26-11-14-36(30(26)21-42-23-35-29(12-15-43-3)32(40)41-2)20-27-6-5-13-38(27)31(39)16-28-18-34-22-37(28)19-25-9-7-24(17-33)8-10-25/h7-10,18,22,26-27,29-30,35H,4-6,11-16,19-21,23H2,1-3H3/t26-,27?,29-,30+/m0/s1. The van der Waals surface area contributed by atoms with E-state index in [-0.39, 0.29) is 24.0 Å². The van der Waals surface area contributed by atoms with Crippen molar-refractivity contribution >= 4 is 23.6 Å². The van der Waals surface area contributed by atoms with E-state index in [4.69, 9.17) is 14.7 Å². The molecule has 2 saturated heterocycles. The van der Waals surface area contributed by atoms with Gasteiger partial charge in [-0.2, -0.15) is 17.0 Å². The molecular formula is C32H46N6O4S. The first kappa shape index (κ1) is 33.0. The number of likely N-dealkylation sites (tertiary alicyclic amines) is 2. The first-order chi connectivity index (χ1) is 21.0. The van der Waals surface area contributed by atoms with Gasteiger partial charge in [0.2, 0.25) is 5.91 Å². The van der Waals surface area contributed by atoms with Gasteiger partial charge >= 0.3 is 5.97 Å². The van der Waals surface area contributed by atoms with Crippen LogP contribution < -0.4 is 5.32 Å². The van der Waals surface area contributed by atoms with Crippen molar-refractivity contribution in [3.63, 3.8) is 0 Å². The molecule has 1 N–H and O–H groups in total. The summed E-state index contributed by atoms with van der Waals surface area (Å²) < 4.78 is 13.1. The molecule has 2 aromatic rings. The summed E-state index contributed by atoms with van der Waals surface area (Å²) in [5.41, 5.74) is 2.59. The van der Waals surface area contributed by atoms with Crippen LogP contribution in [0.5, 0.6) is 0 Å². The number of methoxy groups -OCH3 is 1. The lowest BCUT2D eigenvalue weighted by molar-refractivity contribution is -0.143. The number of carbonyl (C=O) groups is 2. The van der Waals surface area contributed by atoms with Crippen LogP contribution in [-0.4, -0.2) is 101 Å². The summed E-state index contributed by atoms with van der Waals surface area (Å²) in [6.45, 7) is 6.39. The molecule has 2 aliphatic rings. The average molecular weight is 611 g/mol. The monoisotopic (exact) mass is 610 g/mol. The Balaban J connectivity index is 1.31. The Hall–Kier alpha value is -2.91. The number of benzene rings is 1. The number of imidazole rings is 1. The SMILES string of the molecule is CC[C@H]1CCN(CC2CCCN2C(=O)Cc2cncn2Cc2ccc(C#N)cc2)[C@@H]1COCN[C@@H](CCSC)C(=O)OC. The molecule has 4 atom stereocenters. The molecule has 2 fully saturated rings.